The van der Waals surface area contributed by atoms with E-state index in [0.29, 0.717) is 6.42 Å². The number of amides is 4. The van der Waals surface area contributed by atoms with Crippen LogP contribution in [0.1, 0.15) is 39.5 Å². The zero-order chi connectivity index (χ0) is 22.3. The molecule has 0 aromatic heterocycles. The largest absolute Gasteiger partial charge is 0.480 e. The number of nitrogens with two attached hydrogens (primary N) is 2. The van der Waals surface area contributed by atoms with Crippen molar-refractivity contribution in [2.24, 2.45) is 11.5 Å². The van der Waals surface area contributed by atoms with E-state index >= 15 is 0 Å². The van der Waals surface area contributed by atoms with Crippen LogP contribution in [-0.2, 0) is 24.0 Å². The highest BCUT2D eigenvalue weighted by atomic mass is 16.4. The predicted octanol–water partition coefficient (Wildman–Crippen LogP) is -2.97. The Morgan fingerprint density at radius 3 is 2.28 bits per heavy atom. The van der Waals surface area contributed by atoms with Crippen LogP contribution in [0.5, 0.6) is 0 Å². The Balaban J connectivity index is 2.95. The van der Waals surface area contributed by atoms with E-state index < -0.39 is 59.9 Å². The quantitative estimate of drug-likeness (QED) is 0.217. The first-order valence-electron chi connectivity index (χ1n) is 9.31. The fourth-order valence-corrected chi connectivity index (χ4v) is 2.99. The maximum Gasteiger partial charge on any atom is 0.328 e. The standard InChI is InChI=1S/C17H29N5O7/c1-8(18)14(25)20-10(5-6-12(19)24)16(27)22-7-3-4-11(22)15(26)21-13(9(2)23)17(28)29/h8-11,13,23H,3-7,18H2,1-2H3,(H2,19,24)(H,20,25)(H,21,26)(H,28,29)/t8-,9+,10-,11-,13-/m0/s1. The lowest BCUT2D eigenvalue weighted by molar-refractivity contribution is -0.147. The Hall–Kier alpha value is -2.73. The second-order valence-electron chi connectivity index (χ2n) is 7.11. The lowest BCUT2D eigenvalue weighted by Gasteiger charge is -2.30. The molecule has 0 bridgehead atoms. The molecule has 5 atom stereocenters. The number of primary amides is 1. The molecular weight excluding hydrogens is 386 g/mol. The van der Waals surface area contributed by atoms with E-state index in [9.17, 15) is 29.1 Å². The number of hydrogen-bond donors (Lipinski definition) is 6. The first kappa shape index (κ1) is 24.3. The SMILES string of the molecule is C[C@H](N)C(=O)N[C@@H](CCC(N)=O)C(=O)N1CCC[C@H]1C(=O)N[C@H](C(=O)O)[C@@H](C)O. The second-order valence-corrected chi connectivity index (χ2v) is 7.11. The molecule has 0 radical (unpaired) electrons. The van der Waals surface area contributed by atoms with Gasteiger partial charge in [0.25, 0.3) is 0 Å². The summed E-state index contributed by atoms with van der Waals surface area (Å²) in [5.74, 6) is -3.99. The first-order chi connectivity index (χ1) is 13.5. The molecule has 12 heteroatoms. The van der Waals surface area contributed by atoms with Gasteiger partial charge in [-0.15, -0.1) is 0 Å². The Morgan fingerprint density at radius 2 is 1.79 bits per heavy atom. The van der Waals surface area contributed by atoms with Crippen LogP contribution in [-0.4, -0.2) is 81.5 Å². The van der Waals surface area contributed by atoms with Gasteiger partial charge in [0.05, 0.1) is 12.1 Å². The summed E-state index contributed by atoms with van der Waals surface area (Å²) in [6.45, 7) is 2.86. The van der Waals surface area contributed by atoms with E-state index in [1.54, 1.807) is 0 Å². The molecule has 1 saturated heterocycles. The Kier molecular flexibility index (Phi) is 8.98. The fourth-order valence-electron chi connectivity index (χ4n) is 2.99. The third kappa shape index (κ3) is 6.98. The molecule has 0 aliphatic carbocycles. The van der Waals surface area contributed by atoms with Crippen molar-refractivity contribution in [3.8, 4) is 0 Å². The molecule has 1 aliphatic heterocycles. The minimum absolute atomic E-state index is 0.0666. The average Bonchev–Trinajstić information content (AvgIpc) is 3.11. The van der Waals surface area contributed by atoms with E-state index in [1.165, 1.54) is 18.7 Å². The second kappa shape index (κ2) is 10.7. The van der Waals surface area contributed by atoms with Gasteiger partial charge >= 0.3 is 5.97 Å². The summed E-state index contributed by atoms with van der Waals surface area (Å²) in [5, 5.41) is 23.3. The smallest absolute Gasteiger partial charge is 0.328 e. The minimum Gasteiger partial charge on any atom is -0.480 e. The number of carbonyl (C=O) groups is 5. The molecule has 1 fully saturated rings. The lowest BCUT2D eigenvalue weighted by Crippen LogP contribution is -2.57. The van der Waals surface area contributed by atoms with Gasteiger partial charge in [0.2, 0.25) is 23.6 Å². The first-order valence-corrected chi connectivity index (χ1v) is 9.31. The number of hydrogen-bond acceptors (Lipinski definition) is 7. The Bertz CT molecular complexity index is 652. The summed E-state index contributed by atoms with van der Waals surface area (Å²) in [5.41, 5.74) is 10.6. The van der Waals surface area contributed by atoms with Crippen LogP contribution in [0.2, 0.25) is 0 Å². The van der Waals surface area contributed by atoms with Crippen LogP contribution in [0.25, 0.3) is 0 Å². The predicted molar refractivity (Wildman–Crippen MR) is 100.0 cm³/mol. The van der Waals surface area contributed by atoms with Gasteiger partial charge in [-0.05, 0) is 33.1 Å². The maximum atomic E-state index is 13.0. The monoisotopic (exact) mass is 415 g/mol. The molecule has 0 saturated carbocycles. The van der Waals surface area contributed by atoms with Gasteiger partial charge in [-0.3, -0.25) is 19.2 Å². The highest BCUT2D eigenvalue weighted by Crippen LogP contribution is 2.20. The van der Waals surface area contributed by atoms with Crippen molar-refractivity contribution in [1.29, 1.82) is 0 Å². The Labute approximate surface area is 168 Å². The summed E-state index contributed by atoms with van der Waals surface area (Å²) in [7, 11) is 0. The molecule has 164 valence electrons. The third-order valence-corrected chi connectivity index (χ3v) is 4.59. The van der Waals surface area contributed by atoms with Crippen molar-refractivity contribution < 1.29 is 34.2 Å². The maximum absolute atomic E-state index is 13.0. The van der Waals surface area contributed by atoms with Crippen molar-refractivity contribution in [2.75, 3.05) is 6.54 Å². The van der Waals surface area contributed by atoms with E-state index in [2.05, 4.69) is 10.6 Å². The summed E-state index contributed by atoms with van der Waals surface area (Å²) >= 11 is 0. The molecule has 4 amide bonds. The number of nitrogens with zero attached hydrogens (tertiary/aromatic N) is 1. The number of rotatable bonds is 10. The van der Waals surface area contributed by atoms with Gasteiger partial charge in [-0.2, -0.15) is 0 Å². The van der Waals surface area contributed by atoms with Crippen molar-refractivity contribution in [2.45, 2.75) is 69.8 Å². The zero-order valence-corrected chi connectivity index (χ0v) is 16.5. The minimum atomic E-state index is -1.52. The molecule has 12 nitrogen and oxygen atoms in total. The van der Waals surface area contributed by atoms with Crippen LogP contribution in [0.15, 0.2) is 0 Å². The van der Waals surface area contributed by atoms with Crippen molar-refractivity contribution in [3.05, 3.63) is 0 Å². The van der Waals surface area contributed by atoms with Crippen molar-refractivity contribution in [1.82, 2.24) is 15.5 Å². The van der Waals surface area contributed by atoms with E-state index in [4.69, 9.17) is 16.6 Å². The van der Waals surface area contributed by atoms with Crippen molar-refractivity contribution in [3.63, 3.8) is 0 Å². The lowest BCUT2D eigenvalue weighted by atomic mass is 10.1. The number of nitrogens with one attached hydrogen (secondary N) is 2. The van der Waals surface area contributed by atoms with Crippen molar-refractivity contribution >= 4 is 29.6 Å². The van der Waals surface area contributed by atoms with Crippen LogP contribution in [0.4, 0.5) is 0 Å². The number of aliphatic carboxylic acids is 1. The van der Waals surface area contributed by atoms with Gasteiger partial charge in [-0.25, -0.2) is 4.79 Å². The Morgan fingerprint density at radius 1 is 1.17 bits per heavy atom. The van der Waals surface area contributed by atoms with E-state index in [1.807, 2.05) is 0 Å². The van der Waals surface area contributed by atoms with Gasteiger partial charge in [0.1, 0.15) is 12.1 Å². The fraction of sp³-hybridized carbons (Fsp3) is 0.706. The molecular formula is C17H29N5O7. The molecule has 29 heavy (non-hydrogen) atoms. The summed E-state index contributed by atoms with van der Waals surface area (Å²) in [4.78, 5) is 60.9. The molecule has 1 rings (SSSR count). The highest BCUT2D eigenvalue weighted by molar-refractivity contribution is 5.94. The number of aliphatic hydroxyl groups is 1. The number of carboxylic acid groups (broad SMARTS) is 1. The number of carbonyl (C=O) groups excluding carboxylic acids is 4. The zero-order valence-electron chi connectivity index (χ0n) is 16.5. The summed E-state index contributed by atoms with van der Waals surface area (Å²) < 4.78 is 0. The highest BCUT2D eigenvalue weighted by Gasteiger charge is 2.39. The molecule has 0 unspecified atom stereocenters. The third-order valence-electron chi connectivity index (χ3n) is 4.59. The van der Waals surface area contributed by atoms with Crippen LogP contribution >= 0.6 is 0 Å². The van der Waals surface area contributed by atoms with Gasteiger partial charge < -0.3 is 37.2 Å². The van der Waals surface area contributed by atoms with E-state index in [0.717, 1.165) is 0 Å². The summed E-state index contributed by atoms with van der Waals surface area (Å²) in [6.07, 6.45) is -0.796. The molecule has 0 spiro atoms. The molecule has 0 aromatic carbocycles. The topological polar surface area (TPSA) is 205 Å². The molecule has 8 N–H and O–H groups in total. The van der Waals surface area contributed by atoms with Crippen LogP contribution in [0.3, 0.4) is 0 Å². The number of aliphatic hydroxyl groups excluding tert-OH is 1. The molecule has 0 aromatic rings. The number of carboxylic acids is 1. The van der Waals surface area contributed by atoms with Gasteiger partial charge in [-0.1, -0.05) is 0 Å². The van der Waals surface area contributed by atoms with Gasteiger partial charge in [0, 0.05) is 13.0 Å². The van der Waals surface area contributed by atoms with Gasteiger partial charge in [0.15, 0.2) is 6.04 Å². The normalized spacial score (nSPS) is 20.3. The van der Waals surface area contributed by atoms with Crippen LogP contribution in [0, 0.1) is 0 Å². The molecule has 1 heterocycles. The van der Waals surface area contributed by atoms with E-state index in [-0.39, 0.29) is 25.8 Å². The number of likely N-dealkylation sites (tertiary alicyclic amines) is 1. The summed E-state index contributed by atoms with van der Waals surface area (Å²) in [6, 6.07) is -4.49. The average molecular weight is 415 g/mol. The molecule has 1 aliphatic rings. The van der Waals surface area contributed by atoms with Crippen LogP contribution < -0.4 is 22.1 Å².